The first kappa shape index (κ1) is 68.3. The lowest BCUT2D eigenvalue weighted by Crippen LogP contribution is -2.68. The fourth-order valence-corrected chi connectivity index (χ4v) is 10.1. The molecule has 1 amide bonds. The van der Waals surface area contributed by atoms with Crippen molar-refractivity contribution in [2.24, 2.45) is 5.73 Å². The van der Waals surface area contributed by atoms with Crippen LogP contribution >= 0.6 is 0 Å². The SMILES string of the molecule is NCCNC(=O)CCCCCCCCO[C@@H]1O[C@H](CO[C@H]2O[C@H](CO)[C@@H](O)[C@H](O[C@H]3O[C@H](CO)[C@@H](O)[C@H](O)[C@@H]3O)[C@@H]2O)[C@@H](O)[C@H](O[C@H]2O[C@H](CO)[C@@H](O)[C@H](O)[C@@H]2O[C@H]2O[C@H](CO)[C@@H](O)[C@H](O[C@H]3O[C@H](CO)[C@@H](O)[C@H](O)[C@@H]3O)[C@@H]2O)[C@@H]1O. The summed E-state index contributed by atoms with van der Waals surface area (Å²) >= 11 is 0. The number of hydrogen-bond donors (Lipinski definition) is 21. The lowest BCUT2D eigenvalue weighted by atomic mass is 9.95. The second-order valence-corrected chi connectivity index (χ2v) is 20.7. The van der Waals surface area contributed by atoms with Crippen LogP contribution < -0.4 is 11.1 Å². The van der Waals surface area contributed by atoms with Gasteiger partial charge in [-0.05, 0) is 12.8 Å². The monoisotopic (exact) mass is 1190 g/mol. The van der Waals surface area contributed by atoms with Gasteiger partial charge in [-0.25, -0.2) is 0 Å². The third-order valence-electron chi connectivity index (χ3n) is 14.9. The van der Waals surface area contributed by atoms with E-state index in [-0.39, 0.29) is 12.5 Å². The molecular formula is C47H84N2O32. The topological polar surface area (TPSA) is 550 Å². The molecule has 34 heteroatoms. The van der Waals surface area contributed by atoms with Crippen LogP contribution in [0.3, 0.4) is 0 Å². The number of amides is 1. The van der Waals surface area contributed by atoms with Crippen LogP contribution in [0.4, 0.5) is 0 Å². The molecular weight excluding hydrogens is 1100 g/mol. The fraction of sp³-hybridized carbons (Fsp3) is 0.979. The molecule has 0 aliphatic carbocycles. The van der Waals surface area contributed by atoms with Crippen LogP contribution in [0.2, 0.25) is 0 Å². The number of carbonyl (C=O) groups is 1. The van der Waals surface area contributed by atoms with Crippen LogP contribution in [0, 0.1) is 0 Å². The summed E-state index contributed by atoms with van der Waals surface area (Å²) in [6.07, 6.45) is -52.8. The molecule has 22 N–H and O–H groups in total. The smallest absolute Gasteiger partial charge is 0.220 e. The maximum absolute atomic E-state index is 12.0. The van der Waals surface area contributed by atoms with Gasteiger partial charge in [-0.3, -0.25) is 4.79 Å². The predicted octanol–water partition coefficient (Wildman–Crippen LogP) is -12.3. The van der Waals surface area contributed by atoms with E-state index in [0.29, 0.717) is 38.8 Å². The maximum atomic E-state index is 12.0. The summed E-state index contributed by atoms with van der Waals surface area (Å²) in [5.74, 6) is -0.109. The first-order valence-electron chi connectivity index (χ1n) is 27.0. The Balaban J connectivity index is 1.20. The molecule has 0 spiro atoms. The van der Waals surface area contributed by atoms with Gasteiger partial charge in [-0.2, -0.15) is 0 Å². The number of aliphatic hydroxyl groups is 19. The minimum atomic E-state index is -2.20. The standard InChI is InChI=1S/C47H84N2O32/c48-8-9-49-23(55)7-5-3-1-2-4-6-10-70-42-35(67)40(29(61)22(77-42)16-71-43-36(68)38(27(59)20(14-53)72-43)78-44-33(65)30(62)24(56)17(11-50)73-44)80-47-41(32(64)26(58)19(13-52)76-47)81-46-37(69)39(28(60)21(15-54)75-46)79-45-34(66)31(63)25(57)18(12-51)74-45/h17-22,24-47,50-54,56-69H,1-16,48H2,(H,49,55)/t17-,18-,19-,20-,21-,22-,24-,25-,26-,27-,28-,29-,30+,31+,32+,33+,34+,35+,36+,37+,38+,39+,40+,41+,42-,43+,44-,45-,46-,47-/m1/s1. The Kier molecular flexibility index (Phi) is 27.2. The highest BCUT2D eigenvalue weighted by Crippen LogP contribution is 2.36. The highest BCUT2D eigenvalue weighted by Gasteiger charge is 2.57. The lowest BCUT2D eigenvalue weighted by molar-refractivity contribution is -0.399. The number of ether oxygens (including phenoxy) is 12. The molecule has 34 nitrogen and oxygen atoms in total. The number of unbranched alkanes of at least 4 members (excludes halogenated alkanes) is 5. The first-order chi connectivity index (χ1) is 38.7. The molecule has 6 saturated heterocycles. The molecule has 6 heterocycles. The largest absolute Gasteiger partial charge is 0.394 e. The van der Waals surface area contributed by atoms with Gasteiger partial charge in [-0.15, -0.1) is 0 Å². The molecule has 81 heavy (non-hydrogen) atoms. The second kappa shape index (κ2) is 32.3. The molecule has 0 aromatic heterocycles. The lowest BCUT2D eigenvalue weighted by Gasteiger charge is -2.49. The summed E-state index contributed by atoms with van der Waals surface area (Å²) in [7, 11) is 0. The van der Waals surface area contributed by atoms with E-state index in [1.807, 2.05) is 0 Å². The first-order valence-corrected chi connectivity index (χ1v) is 27.0. The van der Waals surface area contributed by atoms with E-state index < -0.39 is 224 Å². The molecule has 6 fully saturated rings. The summed E-state index contributed by atoms with van der Waals surface area (Å²) in [5, 5.41) is 207. The normalized spacial score (nSPS) is 46.1. The molecule has 0 bridgehead atoms. The Morgan fingerprint density at radius 3 is 1.19 bits per heavy atom. The highest BCUT2D eigenvalue weighted by molar-refractivity contribution is 5.75. The Bertz CT molecular complexity index is 1820. The Hall–Kier alpha value is -1.81. The van der Waals surface area contributed by atoms with Crippen molar-refractivity contribution in [1.29, 1.82) is 0 Å². The molecule has 6 aliphatic heterocycles. The molecule has 6 aliphatic rings. The van der Waals surface area contributed by atoms with Gasteiger partial charge in [0.2, 0.25) is 5.91 Å². The summed E-state index contributed by atoms with van der Waals surface area (Å²) < 4.78 is 68.9. The number of nitrogens with one attached hydrogen (secondary N) is 1. The highest BCUT2D eigenvalue weighted by atomic mass is 16.8. The van der Waals surface area contributed by atoms with Crippen molar-refractivity contribution in [3.63, 3.8) is 0 Å². The molecule has 6 rings (SSSR count). The Morgan fingerprint density at radius 1 is 0.358 bits per heavy atom. The van der Waals surface area contributed by atoms with Crippen molar-refractivity contribution in [2.45, 2.75) is 229 Å². The molecule has 0 radical (unpaired) electrons. The van der Waals surface area contributed by atoms with Crippen molar-refractivity contribution in [1.82, 2.24) is 5.32 Å². The van der Waals surface area contributed by atoms with E-state index in [1.54, 1.807) is 0 Å². The van der Waals surface area contributed by atoms with Gasteiger partial charge < -0.3 is 165 Å². The van der Waals surface area contributed by atoms with Gasteiger partial charge in [0.1, 0.15) is 146 Å². The summed E-state index contributed by atoms with van der Waals surface area (Å²) in [6.45, 7) is -4.86. The summed E-state index contributed by atoms with van der Waals surface area (Å²) in [6, 6.07) is 0. The van der Waals surface area contributed by atoms with Gasteiger partial charge in [0, 0.05) is 26.1 Å². The minimum Gasteiger partial charge on any atom is -0.394 e. The van der Waals surface area contributed by atoms with E-state index in [0.717, 1.165) is 19.3 Å². The van der Waals surface area contributed by atoms with E-state index in [9.17, 15) is 102 Å². The van der Waals surface area contributed by atoms with Crippen molar-refractivity contribution >= 4 is 5.91 Å². The number of nitrogens with two attached hydrogens (primary N) is 1. The quantitative estimate of drug-likeness (QED) is 0.0324. The number of aliphatic hydroxyl groups excluding tert-OH is 19. The summed E-state index contributed by atoms with van der Waals surface area (Å²) in [5.41, 5.74) is 5.42. The van der Waals surface area contributed by atoms with Crippen molar-refractivity contribution in [3.8, 4) is 0 Å². The predicted molar refractivity (Wildman–Crippen MR) is 257 cm³/mol. The Morgan fingerprint density at radius 2 is 0.704 bits per heavy atom. The van der Waals surface area contributed by atoms with Gasteiger partial charge >= 0.3 is 0 Å². The zero-order valence-electron chi connectivity index (χ0n) is 44.0. The van der Waals surface area contributed by atoms with Crippen LogP contribution in [0.1, 0.15) is 44.9 Å². The van der Waals surface area contributed by atoms with Crippen molar-refractivity contribution in [2.75, 3.05) is 59.3 Å². The number of carbonyl (C=O) groups excluding carboxylic acids is 1. The van der Waals surface area contributed by atoms with E-state index in [4.69, 9.17) is 62.6 Å². The Labute approximate surface area is 463 Å². The maximum Gasteiger partial charge on any atom is 0.220 e. The van der Waals surface area contributed by atoms with Crippen LogP contribution in [0.5, 0.6) is 0 Å². The number of hydrogen-bond acceptors (Lipinski definition) is 33. The van der Waals surface area contributed by atoms with E-state index in [2.05, 4.69) is 5.32 Å². The average Bonchev–Trinajstić information content (AvgIpc) is 3.65. The zero-order chi connectivity index (χ0) is 59.4. The molecule has 30 atom stereocenters. The van der Waals surface area contributed by atoms with Gasteiger partial charge in [0.05, 0.1) is 39.6 Å². The summed E-state index contributed by atoms with van der Waals surface area (Å²) in [4.78, 5) is 11.9. The van der Waals surface area contributed by atoms with E-state index in [1.165, 1.54) is 0 Å². The zero-order valence-corrected chi connectivity index (χ0v) is 44.0. The van der Waals surface area contributed by atoms with Gasteiger partial charge in [0.25, 0.3) is 0 Å². The van der Waals surface area contributed by atoms with Crippen molar-refractivity contribution in [3.05, 3.63) is 0 Å². The molecule has 474 valence electrons. The molecule has 0 saturated carbocycles. The average molecular weight is 1190 g/mol. The molecule has 0 aromatic carbocycles. The van der Waals surface area contributed by atoms with Gasteiger partial charge in [-0.1, -0.05) is 25.7 Å². The van der Waals surface area contributed by atoms with Gasteiger partial charge in [0.15, 0.2) is 37.7 Å². The fourth-order valence-electron chi connectivity index (χ4n) is 10.1. The molecule has 0 unspecified atom stereocenters. The second-order valence-electron chi connectivity index (χ2n) is 20.7. The van der Waals surface area contributed by atoms with Crippen LogP contribution in [-0.2, 0) is 61.6 Å². The third-order valence-corrected chi connectivity index (χ3v) is 14.9. The third kappa shape index (κ3) is 16.6. The van der Waals surface area contributed by atoms with Crippen LogP contribution in [0.25, 0.3) is 0 Å². The van der Waals surface area contributed by atoms with Crippen molar-refractivity contribution < 1.29 is 159 Å². The van der Waals surface area contributed by atoms with Crippen LogP contribution in [0.15, 0.2) is 0 Å². The molecule has 0 aromatic rings. The minimum absolute atomic E-state index is 0.0819. The van der Waals surface area contributed by atoms with E-state index >= 15 is 0 Å². The van der Waals surface area contributed by atoms with Crippen LogP contribution in [-0.4, -0.2) is 347 Å². The number of rotatable bonds is 28.